The number of hydrazone groups is 1. The molecule has 0 bridgehead atoms. The van der Waals surface area contributed by atoms with Crippen LogP contribution in [0.1, 0.15) is 54.9 Å². The number of carbonyl (C=O) groups is 2. The van der Waals surface area contributed by atoms with E-state index >= 15 is 0 Å². The number of thiophene rings is 1. The van der Waals surface area contributed by atoms with Gasteiger partial charge in [-0.1, -0.05) is 31.5 Å². The third-order valence-electron chi connectivity index (χ3n) is 5.23. The highest BCUT2D eigenvalue weighted by Crippen LogP contribution is 2.34. The fourth-order valence-electron chi connectivity index (χ4n) is 3.41. The van der Waals surface area contributed by atoms with Crippen LogP contribution in [-0.4, -0.2) is 31.6 Å². The van der Waals surface area contributed by atoms with Crippen molar-refractivity contribution in [2.75, 3.05) is 14.2 Å². The summed E-state index contributed by atoms with van der Waals surface area (Å²) in [6.07, 6.45) is 2.87. The second-order valence-electron chi connectivity index (χ2n) is 7.45. The van der Waals surface area contributed by atoms with E-state index in [2.05, 4.69) is 50.9 Å². The lowest BCUT2D eigenvalue weighted by Crippen LogP contribution is -2.21. The zero-order valence-corrected chi connectivity index (χ0v) is 21.3. The number of carbonyl (C=O) groups excluding carboxylic acids is 2. The summed E-state index contributed by atoms with van der Waals surface area (Å²) in [5.74, 6) is 0.515. The van der Waals surface area contributed by atoms with Gasteiger partial charge in [0.15, 0.2) is 17.3 Å². The topological polar surface area (TPSA) is 77.0 Å². The number of nitrogens with zero attached hydrogens (tertiary/aromatic N) is 1. The smallest absolute Gasteiger partial charge is 0.240 e. The first kappa shape index (κ1) is 24.9. The number of benzene rings is 2. The van der Waals surface area contributed by atoms with Crippen molar-refractivity contribution in [1.82, 2.24) is 5.43 Å². The average molecular weight is 531 g/mol. The van der Waals surface area contributed by atoms with E-state index in [0.29, 0.717) is 21.5 Å². The number of methoxy groups -OCH3 is 2. The van der Waals surface area contributed by atoms with Gasteiger partial charge in [0.1, 0.15) is 0 Å². The number of Topliss-reactive ketones (excluding diaryl/α,β-unsaturated/α-hetero) is 1. The second-order valence-corrected chi connectivity index (χ2v) is 9.22. The van der Waals surface area contributed by atoms with E-state index in [1.807, 2.05) is 12.1 Å². The van der Waals surface area contributed by atoms with Crippen LogP contribution in [0.4, 0.5) is 0 Å². The largest absolute Gasteiger partial charge is 0.493 e. The highest BCUT2D eigenvalue weighted by molar-refractivity contribution is 9.10. The van der Waals surface area contributed by atoms with Gasteiger partial charge < -0.3 is 9.47 Å². The minimum absolute atomic E-state index is 0.0363. The van der Waals surface area contributed by atoms with Crippen LogP contribution >= 0.6 is 27.3 Å². The molecule has 3 aromatic rings. The Balaban J connectivity index is 1.68. The summed E-state index contributed by atoms with van der Waals surface area (Å²) in [5.41, 5.74) is 5.00. The standard InChI is InChI=1S/C25H27BrN2O4S/c1-4-5-9-20(18-15-33-24-10-7-6-8-16(18)24)27-28-25(30)12-11-21(29)17-13-22(31-2)23(32-3)14-19(17)26/h6-8,10,13-15H,4-5,9,11-12H2,1-3H3,(H,28,30)/b27-20+. The molecule has 33 heavy (non-hydrogen) atoms. The fourth-order valence-corrected chi connectivity index (χ4v) is 4.93. The molecule has 8 heteroatoms. The summed E-state index contributed by atoms with van der Waals surface area (Å²) in [5, 5.41) is 7.66. The van der Waals surface area contributed by atoms with Crippen molar-refractivity contribution in [3.8, 4) is 11.5 Å². The van der Waals surface area contributed by atoms with Gasteiger partial charge in [0, 0.05) is 43.9 Å². The molecule has 0 aliphatic carbocycles. The first-order chi connectivity index (χ1) is 16.0. The molecule has 3 rings (SSSR count). The van der Waals surface area contributed by atoms with Crippen molar-refractivity contribution in [3.63, 3.8) is 0 Å². The fraction of sp³-hybridized carbons (Fsp3) is 0.320. The molecule has 1 N–H and O–H groups in total. The molecular weight excluding hydrogens is 504 g/mol. The average Bonchev–Trinajstić information content (AvgIpc) is 3.26. The van der Waals surface area contributed by atoms with Crippen molar-refractivity contribution in [2.24, 2.45) is 5.10 Å². The quantitative estimate of drug-likeness (QED) is 0.178. The number of hydrogen-bond acceptors (Lipinski definition) is 6. The van der Waals surface area contributed by atoms with Crippen molar-refractivity contribution in [1.29, 1.82) is 0 Å². The molecule has 0 aliphatic rings. The third-order valence-corrected chi connectivity index (χ3v) is 6.85. The van der Waals surface area contributed by atoms with Crippen molar-refractivity contribution in [2.45, 2.75) is 39.0 Å². The molecule has 0 fully saturated rings. The molecule has 0 unspecified atom stereocenters. The summed E-state index contributed by atoms with van der Waals surface area (Å²) in [6.45, 7) is 2.12. The molecule has 6 nitrogen and oxygen atoms in total. The van der Waals surface area contributed by atoms with Crippen LogP contribution in [0, 0.1) is 0 Å². The lowest BCUT2D eigenvalue weighted by molar-refractivity contribution is -0.121. The maximum atomic E-state index is 12.7. The van der Waals surface area contributed by atoms with Gasteiger partial charge in [0.25, 0.3) is 0 Å². The molecule has 1 heterocycles. The summed E-state index contributed by atoms with van der Waals surface area (Å²) < 4.78 is 12.3. The van der Waals surface area contributed by atoms with Gasteiger partial charge in [-0.2, -0.15) is 5.10 Å². The molecule has 0 radical (unpaired) electrons. The van der Waals surface area contributed by atoms with Gasteiger partial charge >= 0.3 is 0 Å². The number of amides is 1. The first-order valence-electron chi connectivity index (χ1n) is 10.7. The van der Waals surface area contributed by atoms with Crippen LogP contribution < -0.4 is 14.9 Å². The Hall–Kier alpha value is -2.71. The predicted molar refractivity (Wildman–Crippen MR) is 137 cm³/mol. The summed E-state index contributed by atoms with van der Waals surface area (Å²) in [6, 6.07) is 11.5. The first-order valence-corrected chi connectivity index (χ1v) is 12.4. The van der Waals surface area contributed by atoms with Gasteiger partial charge in [0.05, 0.1) is 19.9 Å². The Morgan fingerprint density at radius 3 is 2.48 bits per heavy atom. The van der Waals surface area contributed by atoms with E-state index in [1.165, 1.54) is 18.9 Å². The molecule has 0 spiro atoms. The Morgan fingerprint density at radius 2 is 1.76 bits per heavy atom. The van der Waals surface area contributed by atoms with Crippen molar-refractivity contribution >= 4 is 54.8 Å². The van der Waals surface area contributed by atoms with Gasteiger partial charge in [-0.15, -0.1) is 11.3 Å². The van der Waals surface area contributed by atoms with Gasteiger partial charge in [-0.25, -0.2) is 5.43 Å². The van der Waals surface area contributed by atoms with Crippen molar-refractivity contribution in [3.05, 3.63) is 57.4 Å². The zero-order valence-electron chi connectivity index (χ0n) is 18.9. The number of ketones is 1. The number of fused-ring (bicyclic) bond motifs is 1. The Labute approximate surface area is 206 Å². The molecule has 2 aromatic carbocycles. The molecule has 1 amide bonds. The molecule has 0 aliphatic heterocycles. The van der Waals surface area contributed by atoms with E-state index < -0.39 is 0 Å². The lowest BCUT2D eigenvalue weighted by Gasteiger charge is -2.11. The van der Waals surface area contributed by atoms with Crippen LogP contribution in [0.5, 0.6) is 11.5 Å². The molecule has 0 saturated carbocycles. The third kappa shape index (κ3) is 6.21. The van der Waals surface area contributed by atoms with Crippen LogP contribution in [0.3, 0.4) is 0 Å². The van der Waals surface area contributed by atoms with E-state index in [9.17, 15) is 9.59 Å². The lowest BCUT2D eigenvalue weighted by atomic mass is 10.0. The van der Waals surface area contributed by atoms with E-state index in [4.69, 9.17) is 9.47 Å². The maximum Gasteiger partial charge on any atom is 0.240 e. The number of unbranched alkanes of at least 4 members (excludes halogenated alkanes) is 1. The Bertz CT molecular complexity index is 1170. The van der Waals surface area contributed by atoms with Crippen LogP contribution in [0.25, 0.3) is 10.1 Å². The number of nitrogens with one attached hydrogen (secondary N) is 1. The van der Waals surface area contributed by atoms with Gasteiger partial charge in [-0.3, -0.25) is 9.59 Å². The van der Waals surface area contributed by atoms with E-state index in [-0.39, 0.29) is 24.5 Å². The van der Waals surface area contributed by atoms with Crippen LogP contribution in [0.2, 0.25) is 0 Å². The summed E-state index contributed by atoms with van der Waals surface area (Å²) >= 11 is 5.06. The molecule has 1 aromatic heterocycles. The van der Waals surface area contributed by atoms with E-state index in [0.717, 1.165) is 35.9 Å². The minimum Gasteiger partial charge on any atom is -0.493 e. The number of halogens is 1. The number of rotatable bonds is 11. The molecular formula is C25H27BrN2O4S. The highest BCUT2D eigenvalue weighted by Gasteiger charge is 2.17. The summed E-state index contributed by atoms with van der Waals surface area (Å²) in [7, 11) is 3.04. The second kappa shape index (κ2) is 12.0. The molecule has 0 saturated heterocycles. The number of hydrogen-bond donors (Lipinski definition) is 1. The van der Waals surface area contributed by atoms with Crippen LogP contribution in [0.15, 0.2) is 51.4 Å². The molecule has 0 atom stereocenters. The van der Waals surface area contributed by atoms with Gasteiger partial charge in [0.2, 0.25) is 5.91 Å². The van der Waals surface area contributed by atoms with Crippen molar-refractivity contribution < 1.29 is 19.1 Å². The highest BCUT2D eigenvalue weighted by atomic mass is 79.9. The summed E-state index contributed by atoms with van der Waals surface area (Å²) in [4.78, 5) is 25.2. The SMILES string of the molecule is CCCC/C(=N\NC(=O)CCC(=O)c1cc(OC)c(OC)cc1Br)c1csc2ccccc12. The monoisotopic (exact) mass is 530 g/mol. The van der Waals surface area contributed by atoms with Gasteiger partial charge in [-0.05, 0) is 47.0 Å². The number of ether oxygens (including phenoxy) is 2. The predicted octanol–water partition coefficient (Wildman–Crippen LogP) is 6.35. The Morgan fingerprint density at radius 1 is 1.03 bits per heavy atom. The maximum absolute atomic E-state index is 12.7. The molecule has 174 valence electrons. The van der Waals surface area contributed by atoms with E-state index in [1.54, 1.807) is 23.5 Å². The Kier molecular flexibility index (Phi) is 9.03. The zero-order chi connectivity index (χ0) is 23.8. The van der Waals surface area contributed by atoms with Crippen LogP contribution in [-0.2, 0) is 4.79 Å². The normalized spacial score (nSPS) is 11.5. The minimum atomic E-state index is -0.298.